The molecular weight excluding hydrogens is 304 g/mol. The van der Waals surface area contributed by atoms with Gasteiger partial charge in [-0.25, -0.2) is 0 Å². The SMILES string of the molecule is O=C(NCCC(=O)N1CCC(O)CC1)c1ccc2ccccc2c1. The molecule has 5 heteroatoms. The lowest BCUT2D eigenvalue weighted by atomic mass is 10.1. The van der Waals surface area contributed by atoms with E-state index in [0.717, 1.165) is 10.8 Å². The molecule has 0 unspecified atom stereocenters. The lowest BCUT2D eigenvalue weighted by Crippen LogP contribution is -2.41. The fourth-order valence-electron chi connectivity index (χ4n) is 2.99. The predicted octanol–water partition coefficient (Wildman–Crippen LogP) is 1.94. The zero-order chi connectivity index (χ0) is 16.9. The first kappa shape index (κ1) is 16.5. The molecule has 0 bridgehead atoms. The lowest BCUT2D eigenvalue weighted by Gasteiger charge is -2.29. The van der Waals surface area contributed by atoms with Gasteiger partial charge in [-0.1, -0.05) is 30.3 Å². The van der Waals surface area contributed by atoms with Crippen molar-refractivity contribution < 1.29 is 14.7 Å². The van der Waals surface area contributed by atoms with Gasteiger partial charge in [-0.15, -0.1) is 0 Å². The molecule has 0 spiro atoms. The molecule has 5 nitrogen and oxygen atoms in total. The number of nitrogens with one attached hydrogen (secondary N) is 1. The van der Waals surface area contributed by atoms with Gasteiger partial charge in [0.1, 0.15) is 0 Å². The molecule has 0 aromatic heterocycles. The van der Waals surface area contributed by atoms with Gasteiger partial charge in [0.15, 0.2) is 0 Å². The highest BCUT2D eigenvalue weighted by molar-refractivity contribution is 5.98. The monoisotopic (exact) mass is 326 g/mol. The number of nitrogens with zero attached hydrogens (tertiary/aromatic N) is 1. The Morgan fingerprint density at radius 3 is 2.54 bits per heavy atom. The van der Waals surface area contributed by atoms with Gasteiger partial charge in [0.25, 0.3) is 5.91 Å². The fraction of sp³-hybridized carbons (Fsp3) is 0.368. The Kier molecular flexibility index (Phi) is 5.11. The number of carbonyl (C=O) groups excluding carboxylic acids is 2. The standard InChI is InChI=1S/C19H22N2O3/c22-17-8-11-21(12-9-17)18(23)7-10-20-19(24)16-6-5-14-3-1-2-4-15(14)13-16/h1-6,13,17,22H,7-12H2,(H,20,24). The maximum Gasteiger partial charge on any atom is 0.251 e. The van der Waals surface area contributed by atoms with Crippen LogP contribution in [0.5, 0.6) is 0 Å². The van der Waals surface area contributed by atoms with Crippen molar-refractivity contribution >= 4 is 22.6 Å². The molecule has 1 saturated heterocycles. The minimum atomic E-state index is -0.290. The van der Waals surface area contributed by atoms with E-state index in [1.807, 2.05) is 36.4 Å². The molecule has 0 radical (unpaired) electrons. The number of hydrogen-bond donors (Lipinski definition) is 2. The highest BCUT2D eigenvalue weighted by atomic mass is 16.3. The largest absolute Gasteiger partial charge is 0.393 e. The summed E-state index contributed by atoms with van der Waals surface area (Å²) in [5, 5.41) is 14.4. The first-order valence-corrected chi connectivity index (χ1v) is 8.36. The number of hydrogen-bond acceptors (Lipinski definition) is 3. The second-order valence-corrected chi connectivity index (χ2v) is 6.18. The number of aliphatic hydroxyl groups excluding tert-OH is 1. The van der Waals surface area contributed by atoms with Crippen LogP contribution in [0.1, 0.15) is 29.6 Å². The van der Waals surface area contributed by atoms with Gasteiger partial charge in [0, 0.05) is 31.6 Å². The number of aliphatic hydroxyl groups is 1. The topological polar surface area (TPSA) is 69.6 Å². The number of carbonyl (C=O) groups is 2. The van der Waals surface area contributed by atoms with Crippen LogP contribution in [-0.2, 0) is 4.79 Å². The summed E-state index contributed by atoms with van der Waals surface area (Å²) in [6.45, 7) is 1.51. The Balaban J connectivity index is 1.50. The Labute approximate surface area is 141 Å². The Morgan fingerprint density at radius 1 is 1.08 bits per heavy atom. The zero-order valence-electron chi connectivity index (χ0n) is 13.6. The Bertz CT molecular complexity index is 736. The fourth-order valence-corrected chi connectivity index (χ4v) is 2.99. The Morgan fingerprint density at radius 2 is 1.79 bits per heavy atom. The highest BCUT2D eigenvalue weighted by Crippen LogP contribution is 2.15. The summed E-state index contributed by atoms with van der Waals surface area (Å²) >= 11 is 0. The molecule has 2 N–H and O–H groups in total. The number of amides is 2. The molecule has 0 atom stereocenters. The third-order valence-electron chi connectivity index (χ3n) is 4.45. The van der Waals surface area contributed by atoms with Crippen LogP contribution in [0.25, 0.3) is 10.8 Å². The van der Waals surface area contributed by atoms with E-state index >= 15 is 0 Å². The summed E-state index contributed by atoms with van der Waals surface area (Å²) in [7, 11) is 0. The van der Waals surface area contributed by atoms with E-state index in [2.05, 4.69) is 5.32 Å². The van der Waals surface area contributed by atoms with Crippen LogP contribution in [0.2, 0.25) is 0 Å². The van der Waals surface area contributed by atoms with E-state index in [-0.39, 0.29) is 24.3 Å². The molecule has 0 aliphatic carbocycles. The molecule has 3 rings (SSSR count). The molecule has 1 fully saturated rings. The summed E-state index contributed by atoms with van der Waals surface area (Å²) in [6.07, 6.45) is 1.27. The van der Waals surface area contributed by atoms with Crippen LogP contribution in [0.3, 0.4) is 0 Å². The summed E-state index contributed by atoms with van der Waals surface area (Å²) in [4.78, 5) is 26.1. The average Bonchev–Trinajstić information content (AvgIpc) is 2.61. The molecule has 0 saturated carbocycles. The molecule has 24 heavy (non-hydrogen) atoms. The number of fused-ring (bicyclic) bond motifs is 1. The van der Waals surface area contributed by atoms with Crippen molar-refractivity contribution in [2.45, 2.75) is 25.4 Å². The minimum Gasteiger partial charge on any atom is -0.393 e. The van der Waals surface area contributed by atoms with Crippen LogP contribution >= 0.6 is 0 Å². The van der Waals surface area contributed by atoms with E-state index in [1.165, 1.54) is 0 Å². The number of benzene rings is 2. The van der Waals surface area contributed by atoms with Gasteiger partial charge in [0.2, 0.25) is 5.91 Å². The van der Waals surface area contributed by atoms with Crippen LogP contribution in [-0.4, -0.2) is 47.6 Å². The average molecular weight is 326 g/mol. The minimum absolute atomic E-state index is 0.0284. The van der Waals surface area contributed by atoms with E-state index in [0.29, 0.717) is 38.0 Å². The van der Waals surface area contributed by atoms with Crippen LogP contribution < -0.4 is 5.32 Å². The molecule has 2 aromatic rings. The van der Waals surface area contributed by atoms with Gasteiger partial charge in [-0.3, -0.25) is 9.59 Å². The van der Waals surface area contributed by atoms with Crippen molar-refractivity contribution in [1.82, 2.24) is 10.2 Å². The van der Waals surface area contributed by atoms with Crippen LogP contribution in [0.15, 0.2) is 42.5 Å². The summed E-state index contributed by atoms with van der Waals surface area (Å²) in [6, 6.07) is 13.5. The van der Waals surface area contributed by atoms with Gasteiger partial charge in [-0.2, -0.15) is 0 Å². The lowest BCUT2D eigenvalue weighted by molar-refractivity contribution is -0.133. The number of piperidine rings is 1. The van der Waals surface area contributed by atoms with E-state index in [9.17, 15) is 14.7 Å². The van der Waals surface area contributed by atoms with Crippen molar-refractivity contribution in [2.24, 2.45) is 0 Å². The van der Waals surface area contributed by atoms with Gasteiger partial charge in [-0.05, 0) is 35.7 Å². The summed E-state index contributed by atoms with van der Waals surface area (Å²) < 4.78 is 0. The first-order valence-electron chi connectivity index (χ1n) is 8.36. The summed E-state index contributed by atoms with van der Waals surface area (Å²) in [5.74, 6) is -0.136. The molecule has 2 aromatic carbocycles. The zero-order valence-corrected chi connectivity index (χ0v) is 13.6. The molecular formula is C19H22N2O3. The van der Waals surface area contributed by atoms with Crippen molar-refractivity contribution in [3.05, 3.63) is 48.0 Å². The van der Waals surface area contributed by atoms with Gasteiger partial charge >= 0.3 is 0 Å². The highest BCUT2D eigenvalue weighted by Gasteiger charge is 2.20. The molecule has 1 aliphatic rings. The molecule has 2 amide bonds. The molecule has 1 aliphatic heterocycles. The van der Waals surface area contributed by atoms with E-state index in [1.54, 1.807) is 11.0 Å². The van der Waals surface area contributed by atoms with Crippen molar-refractivity contribution in [3.8, 4) is 0 Å². The maximum absolute atomic E-state index is 12.2. The summed E-state index contributed by atoms with van der Waals surface area (Å²) in [5.41, 5.74) is 0.599. The van der Waals surface area contributed by atoms with E-state index < -0.39 is 0 Å². The van der Waals surface area contributed by atoms with E-state index in [4.69, 9.17) is 0 Å². The molecule has 1 heterocycles. The van der Waals surface area contributed by atoms with Crippen LogP contribution in [0, 0.1) is 0 Å². The smallest absolute Gasteiger partial charge is 0.251 e. The quantitative estimate of drug-likeness (QED) is 0.902. The third-order valence-corrected chi connectivity index (χ3v) is 4.45. The predicted molar refractivity (Wildman–Crippen MR) is 92.7 cm³/mol. The van der Waals surface area contributed by atoms with Gasteiger partial charge < -0.3 is 15.3 Å². The Hall–Kier alpha value is -2.40. The second-order valence-electron chi connectivity index (χ2n) is 6.18. The normalized spacial score (nSPS) is 15.5. The third kappa shape index (κ3) is 3.92. The second kappa shape index (κ2) is 7.45. The van der Waals surface area contributed by atoms with Gasteiger partial charge in [0.05, 0.1) is 6.10 Å². The van der Waals surface area contributed by atoms with Crippen molar-refractivity contribution in [1.29, 1.82) is 0 Å². The maximum atomic E-state index is 12.2. The van der Waals surface area contributed by atoms with Crippen molar-refractivity contribution in [2.75, 3.05) is 19.6 Å². The number of rotatable bonds is 4. The number of likely N-dealkylation sites (tertiary alicyclic amines) is 1. The van der Waals surface area contributed by atoms with Crippen molar-refractivity contribution in [3.63, 3.8) is 0 Å². The van der Waals surface area contributed by atoms with Crippen LogP contribution in [0.4, 0.5) is 0 Å². The molecule has 126 valence electrons. The first-order chi connectivity index (χ1) is 11.6.